The molecule has 0 amide bonds. The lowest BCUT2D eigenvalue weighted by molar-refractivity contribution is -0.144. The van der Waals surface area contributed by atoms with Crippen LogP contribution >= 0.6 is 0 Å². The van der Waals surface area contributed by atoms with Gasteiger partial charge in [-0.3, -0.25) is 4.79 Å². The number of carbonyl (C=O) groups is 1. The van der Waals surface area contributed by atoms with Crippen molar-refractivity contribution in [1.82, 2.24) is 10.2 Å². The monoisotopic (exact) mass is 282 g/mol. The van der Waals surface area contributed by atoms with Gasteiger partial charge < -0.3 is 15.3 Å². The van der Waals surface area contributed by atoms with Gasteiger partial charge in [0.2, 0.25) is 0 Å². The van der Waals surface area contributed by atoms with Crippen LogP contribution in [0.2, 0.25) is 0 Å². The highest BCUT2D eigenvalue weighted by atomic mass is 16.4. The van der Waals surface area contributed by atoms with Crippen molar-refractivity contribution in [3.63, 3.8) is 0 Å². The Morgan fingerprint density at radius 2 is 1.95 bits per heavy atom. The zero-order chi connectivity index (χ0) is 14.4. The summed E-state index contributed by atoms with van der Waals surface area (Å²) < 4.78 is 0. The molecule has 3 unspecified atom stereocenters. The van der Waals surface area contributed by atoms with Gasteiger partial charge in [-0.05, 0) is 64.7 Å². The normalized spacial score (nSPS) is 32.1. The Hall–Kier alpha value is -0.610. The molecule has 1 aliphatic heterocycles. The van der Waals surface area contributed by atoms with E-state index in [2.05, 4.69) is 17.3 Å². The molecule has 1 saturated heterocycles. The van der Waals surface area contributed by atoms with Crippen molar-refractivity contribution in [3.8, 4) is 0 Å². The van der Waals surface area contributed by atoms with E-state index < -0.39 is 5.97 Å². The molecule has 0 bridgehead atoms. The number of rotatable bonds is 6. The number of nitrogens with one attached hydrogen (secondary N) is 1. The Morgan fingerprint density at radius 1 is 1.20 bits per heavy atom. The van der Waals surface area contributed by atoms with E-state index in [1.807, 2.05) is 0 Å². The third-order valence-electron chi connectivity index (χ3n) is 5.21. The molecule has 2 fully saturated rings. The fourth-order valence-electron chi connectivity index (χ4n) is 3.84. The standard InChI is InChI=1S/C16H30N2O2/c1-18-11-5-4-7-14(18)9-10-17-12-13-6-2-3-8-15(13)16(19)20/h13-15,17H,2-12H2,1H3,(H,19,20). The molecule has 116 valence electrons. The van der Waals surface area contributed by atoms with E-state index >= 15 is 0 Å². The topological polar surface area (TPSA) is 52.6 Å². The second-order valence-corrected chi connectivity index (χ2v) is 6.61. The van der Waals surface area contributed by atoms with Crippen LogP contribution < -0.4 is 5.32 Å². The minimum absolute atomic E-state index is 0.117. The van der Waals surface area contributed by atoms with Crippen LogP contribution in [0.5, 0.6) is 0 Å². The molecule has 1 saturated carbocycles. The molecular formula is C16H30N2O2. The third-order valence-corrected chi connectivity index (χ3v) is 5.21. The number of piperidine rings is 1. The maximum absolute atomic E-state index is 11.3. The lowest BCUT2D eigenvalue weighted by Crippen LogP contribution is -2.40. The van der Waals surface area contributed by atoms with Gasteiger partial charge >= 0.3 is 5.97 Å². The van der Waals surface area contributed by atoms with Gasteiger partial charge in [0.05, 0.1) is 5.92 Å². The molecule has 0 spiro atoms. The minimum atomic E-state index is -0.594. The molecule has 1 heterocycles. The van der Waals surface area contributed by atoms with Gasteiger partial charge in [-0.15, -0.1) is 0 Å². The smallest absolute Gasteiger partial charge is 0.306 e. The lowest BCUT2D eigenvalue weighted by atomic mass is 9.79. The maximum atomic E-state index is 11.3. The van der Waals surface area contributed by atoms with E-state index in [4.69, 9.17) is 0 Å². The summed E-state index contributed by atoms with van der Waals surface area (Å²) >= 11 is 0. The average molecular weight is 282 g/mol. The molecule has 4 nitrogen and oxygen atoms in total. The Balaban J connectivity index is 1.65. The summed E-state index contributed by atoms with van der Waals surface area (Å²) in [6, 6.07) is 0.720. The van der Waals surface area contributed by atoms with Crippen LogP contribution in [0.1, 0.15) is 51.4 Å². The van der Waals surface area contributed by atoms with Gasteiger partial charge in [0.1, 0.15) is 0 Å². The van der Waals surface area contributed by atoms with Gasteiger partial charge in [0.15, 0.2) is 0 Å². The Morgan fingerprint density at radius 3 is 2.70 bits per heavy atom. The van der Waals surface area contributed by atoms with Gasteiger partial charge in [0.25, 0.3) is 0 Å². The minimum Gasteiger partial charge on any atom is -0.481 e. The van der Waals surface area contributed by atoms with Crippen LogP contribution in [0.25, 0.3) is 0 Å². The van der Waals surface area contributed by atoms with Gasteiger partial charge in [0, 0.05) is 6.04 Å². The lowest BCUT2D eigenvalue weighted by Gasteiger charge is -2.33. The van der Waals surface area contributed by atoms with E-state index in [9.17, 15) is 9.90 Å². The van der Waals surface area contributed by atoms with Crippen molar-refractivity contribution in [2.45, 2.75) is 57.4 Å². The first-order valence-electron chi connectivity index (χ1n) is 8.32. The summed E-state index contributed by atoms with van der Waals surface area (Å²) in [4.78, 5) is 13.7. The SMILES string of the molecule is CN1CCCCC1CCNCC1CCCCC1C(=O)O. The van der Waals surface area contributed by atoms with Crippen LogP contribution in [0.15, 0.2) is 0 Å². The summed E-state index contributed by atoms with van der Waals surface area (Å²) in [6.45, 7) is 3.14. The van der Waals surface area contributed by atoms with Crippen molar-refractivity contribution >= 4 is 5.97 Å². The Kier molecular flexibility index (Phi) is 6.30. The predicted molar refractivity (Wildman–Crippen MR) is 80.8 cm³/mol. The molecule has 2 rings (SSSR count). The molecule has 0 aromatic rings. The molecule has 20 heavy (non-hydrogen) atoms. The molecule has 0 aromatic heterocycles. The second-order valence-electron chi connectivity index (χ2n) is 6.61. The number of carboxylic acid groups (broad SMARTS) is 1. The van der Waals surface area contributed by atoms with Crippen molar-refractivity contribution in [3.05, 3.63) is 0 Å². The van der Waals surface area contributed by atoms with Crippen LogP contribution in [0.3, 0.4) is 0 Å². The predicted octanol–water partition coefficient (Wildman–Crippen LogP) is 2.34. The molecule has 3 atom stereocenters. The summed E-state index contributed by atoms with van der Waals surface area (Å²) in [5.74, 6) is -0.373. The number of hydrogen-bond acceptors (Lipinski definition) is 3. The molecule has 2 N–H and O–H groups in total. The fraction of sp³-hybridized carbons (Fsp3) is 0.938. The summed E-state index contributed by atoms with van der Waals surface area (Å²) in [5.41, 5.74) is 0. The summed E-state index contributed by atoms with van der Waals surface area (Å²) in [5, 5.41) is 12.8. The molecule has 0 radical (unpaired) electrons. The highest BCUT2D eigenvalue weighted by molar-refractivity contribution is 5.70. The molecular weight excluding hydrogens is 252 g/mol. The third kappa shape index (κ3) is 4.45. The first kappa shape index (κ1) is 15.8. The van der Waals surface area contributed by atoms with Crippen molar-refractivity contribution in [1.29, 1.82) is 0 Å². The first-order valence-corrected chi connectivity index (χ1v) is 8.32. The van der Waals surface area contributed by atoms with Crippen LogP contribution in [-0.4, -0.2) is 48.7 Å². The van der Waals surface area contributed by atoms with Crippen LogP contribution in [-0.2, 0) is 4.79 Å². The Labute approximate surface area is 122 Å². The van der Waals surface area contributed by atoms with Crippen molar-refractivity contribution in [2.75, 3.05) is 26.7 Å². The molecule has 1 aliphatic carbocycles. The van der Waals surface area contributed by atoms with E-state index in [0.717, 1.165) is 38.4 Å². The highest BCUT2D eigenvalue weighted by Gasteiger charge is 2.30. The second kappa shape index (κ2) is 7.99. The van der Waals surface area contributed by atoms with E-state index in [1.54, 1.807) is 0 Å². The van der Waals surface area contributed by atoms with E-state index in [1.165, 1.54) is 38.6 Å². The number of likely N-dealkylation sites (tertiary alicyclic amines) is 1. The first-order chi connectivity index (χ1) is 9.68. The number of aliphatic carboxylic acids is 1. The maximum Gasteiger partial charge on any atom is 0.306 e. The summed E-state index contributed by atoms with van der Waals surface area (Å²) in [7, 11) is 2.23. The zero-order valence-corrected chi connectivity index (χ0v) is 12.8. The quantitative estimate of drug-likeness (QED) is 0.734. The summed E-state index contributed by atoms with van der Waals surface area (Å²) in [6.07, 6.45) is 9.43. The van der Waals surface area contributed by atoms with Gasteiger partial charge in [-0.2, -0.15) is 0 Å². The van der Waals surface area contributed by atoms with Crippen LogP contribution in [0.4, 0.5) is 0 Å². The van der Waals surface area contributed by atoms with E-state index in [-0.39, 0.29) is 5.92 Å². The largest absolute Gasteiger partial charge is 0.481 e. The Bertz CT molecular complexity index is 309. The zero-order valence-electron chi connectivity index (χ0n) is 12.8. The van der Waals surface area contributed by atoms with E-state index in [0.29, 0.717) is 5.92 Å². The molecule has 4 heteroatoms. The van der Waals surface area contributed by atoms with Crippen molar-refractivity contribution < 1.29 is 9.90 Å². The highest BCUT2D eigenvalue weighted by Crippen LogP contribution is 2.29. The molecule has 0 aromatic carbocycles. The van der Waals surface area contributed by atoms with Crippen LogP contribution in [0, 0.1) is 11.8 Å². The van der Waals surface area contributed by atoms with Crippen molar-refractivity contribution in [2.24, 2.45) is 11.8 Å². The number of nitrogens with zero attached hydrogens (tertiary/aromatic N) is 1. The van der Waals surface area contributed by atoms with Gasteiger partial charge in [-0.25, -0.2) is 0 Å². The number of carboxylic acids is 1. The van der Waals surface area contributed by atoms with Gasteiger partial charge in [-0.1, -0.05) is 19.3 Å². The fourth-order valence-corrected chi connectivity index (χ4v) is 3.84. The molecule has 2 aliphatic rings. The number of hydrogen-bond donors (Lipinski definition) is 2. The average Bonchev–Trinajstić information content (AvgIpc) is 2.45.